The van der Waals surface area contributed by atoms with E-state index >= 15 is 0 Å². The molecule has 0 radical (unpaired) electrons. The number of nitrogens with one attached hydrogen (secondary N) is 1. The predicted molar refractivity (Wildman–Crippen MR) is 103 cm³/mol. The molecule has 0 atom stereocenters. The van der Waals surface area contributed by atoms with Gasteiger partial charge in [0.25, 0.3) is 5.91 Å². The number of rotatable bonds is 7. The van der Waals surface area contributed by atoms with Crippen molar-refractivity contribution >= 4 is 5.91 Å². The number of imidazole rings is 1. The molecule has 184 valence electrons. The van der Waals surface area contributed by atoms with Gasteiger partial charge in [-0.2, -0.15) is 13.2 Å². The molecule has 1 amide bonds. The van der Waals surface area contributed by atoms with Crippen LogP contribution in [0.2, 0.25) is 0 Å². The van der Waals surface area contributed by atoms with Gasteiger partial charge in [0.15, 0.2) is 6.61 Å². The number of nitrogens with zero attached hydrogens (tertiary/aromatic N) is 3. The van der Waals surface area contributed by atoms with E-state index in [9.17, 15) is 31.1 Å². The lowest BCUT2D eigenvalue weighted by Crippen LogP contribution is -2.78. The van der Waals surface area contributed by atoms with Crippen LogP contribution in [0.25, 0.3) is 0 Å². The minimum absolute atomic E-state index is 0.0574. The number of halogens is 6. The molecule has 34 heavy (non-hydrogen) atoms. The van der Waals surface area contributed by atoms with E-state index in [0.29, 0.717) is 19.3 Å². The lowest BCUT2D eigenvalue weighted by atomic mass is 9.44. The van der Waals surface area contributed by atoms with Gasteiger partial charge < -0.3 is 14.6 Å². The van der Waals surface area contributed by atoms with Gasteiger partial charge in [-0.3, -0.25) is 9.53 Å². The molecule has 4 fully saturated rings. The van der Waals surface area contributed by atoms with Gasteiger partial charge in [-0.1, -0.05) is 0 Å². The van der Waals surface area contributed by atoms with Gasteiger partial charge in [0.05, 0.1) is 29.9 Å². The van der Waals surface area contributed by atoms with E-state index in [-0.39, 0.29) is 48.1 Å². The van der Waals surface area contributed by atoms with Crippen LogP contribution in [0, 0.1) is 0 Å². The number of pyridine rings is 1. The third-order valence-corrected chi connectivity index (χ3v) is 6.77. The van der Waals surface area contributed by atoms with Crippen molar-refractivity contribution in [3.63, 3.8) is 0 Å². The van der Waals surface area contributed by atoms with E-state index in [2.05, 4.69) is 20.0 Å². The highest BCUT2D eigenvalue weighted by Crippen LogP contribution is 2.65. The molecule has 1 N–H and O–H groups in total. The second-order valence-corrected chi connectivity index (χ2v) is 9.31. The highest BCUT2D eigenvalue weighted by molar-refractivity contribution is 5.79. The Kier molecular flexibility index (Phi) is 5.12. The number of amides is 1. The number of alkyl halides is 6. The molecule has 2 aromatic heterocycles. The third-order valence-electron chi connectivity index (χ3n) is 6.77. The van der Waals surface area contributed by atoms with Crippen LogP contribution in [0.4, 0.5) is 26.3 Å². The van der Waals surface area contributed by atoms with Crippen molar-refractivity contribution < 1.29 is 40.6 Å². The van der Waals surface area contributed by atoms with Crippen LogP contribution in [0.1, 0.15) is 49.4 Å². The van der Waals surface area contributed by atoms with E-state index in [1.54, 1.807) is 6.33 Å². The van der Waals surface area contributed by atoms with Gasteiger partial charge in [-0.05, 0) is 44.2 Å². The zero-order chi connectivity index (χ0) is 24.4. The van der Waals surface area contributed by atoms with Crippen LogP contribution >= 0.6 is 0 Å². The van der Waals surface area contributed by atoms with E-state index in [1.807, 2.05) is 10.8 Å². The summed E-state index contributed by atoms with van der Waals surface area (Å²) in [7, 11) is 0. The first-order valence-corrected chi connectivity index (χ1v) is 10.6. The number of aromatic nitrogens is 3. The van der Waals surface area contributed by atoms with Crippen molar-refractivity contribution in [3.05, 3.63) is 42.2 Å². The molecule has 0 unspecified atom stereocenters. The maximum Gasteiger partial charge on any atom is 0.522 e. The topological polar surface area (TPSA) is 78.3 Å². The van der Waals surface area contributed by atoms with Crippen LogP contribution in [-0.2, 0) is 21.2 Å². The second kappa shape index (κ2) is 7.59. The first kappa shape index (κ1) is 22.9. The highest BCUT2D eigenvalue weighted by Gasteiger charge is 2.69. The van der Waals surface area contributed by atoms with Gasteiger partial charge >= 0.3 is 12.5 Å². The summed E-state index contributed by atoms with van der Waals surface area (Å²) in [6.45, 7) is -0.347. The predicted octanol–water partition coefficient (Wildman–Crippen LogP) is 3.91. The molecule has 2 aromatic rings. The van der Waals surface area contributed by atoms with Crippen LogP contribution in [0.5, 0.6) is 5.75 Å². The van der Waals surface area contributed by atoms with Gasteiger partial charge in [0, 0.05) is 17.7 Å². The highest BCUT2D eigenvalue weighted by atomic mass is 19.4. The fourth-order valence-corrected chi connectivity index (χ4v) is 5.16. The van der Waals surface area contributed by atoms with Crippen molar-refractivity contribution in [2.45, 2.75) is 67.7 Å². The SMILES string of the molecule is O=C(COc1ccc(C(F)(F)F)nc1)NC12CC(n3cnc(C4CC(OC(F)(F)F)C4)c3)(C1)C2. The Labute approximate surface area is 189 Å². The molecule has 4 saturated carbocycles. The molecule has 7 nitrogen and oxygen atoms in total. The van der Waals surface area contributed by atoms with Crippen molar-refractivity contribution in [3.8, 4) is 5.75 Å². The van der Waals surface area contributed by atoms with Crippen LogP contribution in [-0.4, -0.2) is 45.1 Å². The first-order chi connectivity index (χ1) is 15.8. The van der Waals surface area contributed by atoms with Gasteiger partial charge in [0.2, 0.25) is 0 Å². The van der Waals surface area contributed by atoms with Crippen molar-refractivity contribution in [1.29, 1.82) is 0 Å². The summed E-state index contributed by atoms with van der Waals surface area (Å²) in [6, 6.07) is 1.89. The fourth-order valence-electron chi connectivity index (χ4n) is 5.16. The second-order valence-electron chi connectivity index (χ2n) is 9.31. The third kappa shape index (κ3) is 4.32. The van der Waals surface area contributed by atoms with E-state index < -0.39 is 24.3 Å². The van der Waals surface area contributed by atoms with Crippen LogP contribution in [0.15, 0.2) is 30.9 Å². The van der Waals surface area contributed by atoms with E-state index in [4.69, 9.17) is 4.74 Å². The Morgan fingerprint density at radius 1 is 1.12 bits per heavy atom. The number of carbonyl (C=O) groups is 1. The average molecular weight is 490 g/mol. The standard InChI is InChI=1S/C21H20F6N4O3/c22-20(23,24)16-2-1-13(5-28-16)33-7-17(32)30-18-8-19(9-18,10-18)31-6-15(29-11-31)12-3-14(4-12)34-21(25,26)27/h1-2,5-6,11-12,14H,3-4,7-10H2,(H,30,32). The zero-order valence-electron chi connectivity index (χ0n) is 17.6. The van der Waals surface area contributed by atoms with Crippen LogP contribution in [0.3, 0.4) is 0 Å². The smallest absolute Gasteiger partial charge is 0.482 e. The largest absolute Gasteiger partial charge is 0.522 e. The monoisotopic (exact) mass is 490 g/mol. The number of ether oxygens (including phenoxy) is 2. The molecule has 0 spiro atoms. The van der Waals surface area contributed by atoms with Gasteiger partial charge in [-0.25, -0.2) is 9.97 Å². The Morgan fingerprint density at radius 2 is 1.82 bits per heavy atom. The fraction of sp³-hybridized carbons (Fsp3) is 0.571. The zero-order valence-corrected chi connectivity index (χ0v) is 17.6. The molecule has 4 aliphatic carbocycles. The summed E-state index contributed by atoms with van der Waals surface area (Å²) in [6.07, 6.45) is -2.93. The molecule has 13 heteroatoms. The van der Waals surface area contributed by atoms with E-state index in [1.165, 1.54) is 0 Å². The maximum atomic E-state index is 12.5. The minimum atomic E-state index is -4.63. The summed E-state index contributed by atoms with van der Waals surface area (Å²) < 4.78 is 85.6. The quantitative estimate of drug-likeness (QED) is 0.596. The summed E-state index contributed by atoms with van der Waals surface area (Å²) in [5, 5.41) is 2.92. The molecule has 0 aromatic carbocycles. The van der Waals surface area contributed by atoms with Crippen molar-refractivity contribution in [2.24, 2.45) is 0 Å². The molecule has 2 bridgehead atoms. The molecule has 0 aliphatic heterocycles. The van der Waals surface area contributed by atoms with Crippen molar-refractivity contribution in [1.82, 2.24) is 19.9 Å². The molecular weight excluding hydrogens is 470 g/mol. The molecule has 6 rings (SSSR count). The summed E-state index contributed by atoms with van der Waals surface area (Å²) >= 11 is 0. The van der Waals surface area contributed by atoms with Crippen LogP contribution < -0.4 is 10.1 Å². The molecular formula is C21H20F6N4O3. The Morgan fingerprint density at radius 3 is 2.41 bits per heavy atom. The number of hydrogen-bond acceptors (Lipinski definition) is 5. The Bertz CT molecular complexity index is 1060. The lowest BCUT2D eigenvalue weighted by Gasteiger charge is -2.70. The van der Waals surface area contributed by atoms with Gasteiger partial charge in [0.1, 0.15) is 11.4 Å². The number of hydrogen-bond donors (Lipinski definition) is 1. The molecule has 0 saturated heterocycles. The van der Waals surface area contributed by atoms with Crippen molar-refractivity contribution in [2.75, 3.05) is 6.61 Å². The van der Waals surface area contributed by atoms with E-state index in [0.717, 1.165) is 24.0 Å². The number of carbonyl (C=O) groups excluding carboxylic acids is 1. The maximum absolute atomic E-state index is 12.5. The molecule has 2 heterocycles. The molecule has 4 aliphatic rings. The lowest BCUT2D eigenvalue weighted by molar-refractivity contribution is -0.351. The Balaban J connectivity index is 1.07. The Hall–Kier alpha value is -2.83. The summed E-state index contributed by atoms with van der Waals surface area (Å²) in [5.41, 5.74) is -0.824. The van der Waals surface area contributed by atoms with Gasteiger partial charge in [-0.15, -0.1) is 13.2 Å². The average Bonchev–Trinajstić information content (AvgIpc) is 3.12. The first-order valence-electron chi connectivity index (χ1n) is 10.6. The normalized spacial score (nSPS) is 30.1. The summed E-state index contributed by atoms with van der Waals surface area (Å²) in [4.78, 5) is 19.9. The summed E-state index contributed by atoms with van der Waals surface area (Å²) in [5.74, 6) is -0.391. The minimum Gasteiger partial charge on any atom is -0.482 e.